The van der Waals surface area contributed by atoms with E-state index < -0.39 is 11.5 Å². The number of hydrogen-bond donors (Lipinski definition) is 2. The highest BCUT2D eigenvalue weighted by molar-refractivity contribution is 5.86. The Hall–Kier alpha value is -1.52. The number of aryl methyl sites for hydroxylation is 1. The summed E-state index contributed by atoms with van der Waals surface area (Å²) in [6.07, 6.45) is 1.16. The van der Waals surface area contributed by atoms with E-state index in [1.165, 1.54) is 7.05 Å². The monoisotopic (exact) mass is 142 g/mol. The fourth-order valence-corrected chi connectivity index (χ4v) is 0.616. The number of nitrogens with zero attached hydrogens (tertiary/aromatic N) is 1. The molecule has 0 aromatic carbocycles. The number of carboxylic acids is 1. The summed E-state index contributed by atoms with van der Waals surface area (Å²) >= 11 is 0. The molecule has 1 aromatic heterocycles. The molecule has 0 spiro atoms. The third kappa shape index (κ3) is 0.812. The van der Waals surface area contributed by atoms with Crippen LogP contribution in [0, 0.1) is 0 Å². The second-order valence-electron chi connectivity index (χ2n) is 1.86. The van der Waals surface area contributed by atoms with Crippen LogP contribution in [0.15, 0.2) is 11.0 Å². The Morgan fingerprint density at radius 3 is 2.60 bits per heavy atom. The lowest BCUT2D eigenvalue weighted by molar-refractivity contribution is 0.0695. The van der Waals surface area contributed by atoms with Gasteiger partial charge in [-0.05, 0) is 0 Å². The minimum atomic E-state index is -1.21. The van der Waals surface area contributed by atoms with Gasteiger partial charge in [0.15, 0.2) is 0 Å². The summed E-state index contributed by atoms with van der Waals surface area (Å²) < 4.78 is 1.10. The summed E-state index contributed by atoms with van der Waals surface area (Å²) in [5.41, 5.74) is -0.755. The van der Waals surface area contributed by atoms with E-state index in [1.54, 1.807) is 0 Å². The summed E-state index contributed by atoms with van der Waals surface area (Å²) in [5, 5.41) is 10.8. The predicted molar refractivity (Wildman–Crippen MR) is 33.0 cm³/mol. The van der Waals surface area contributed by atoms with Crippen LogP contribution in [0.5, 0.6) is 0 Å². The molecule has 10 heavy (non-hydrogen) atoms. The molecular formula is C5H6N2O3. The van der Waals surface area contributed by atoms with E-state index in [1.807, 2.05) is 0 Å². The summed E-state index contributed by atoms with van der Waals surface area (Å²) in [6.45, 7) is 0. The van der Waals surface area contributed by atoms with Gasteiger partial charge in [-0.3, -0.25) is 9.48 Å². The molecule has 0 amide bonds. The largest absolute Gasteiger partial charge is 0.477 e. The number of H-pyrrole nitrogens is 1. The van der Waals surface area contributed by atoms with Gasteiger partial charge < -0.3 is 10.2 Å². The molecular weight excluding hydrogens is 136 g/mol. The van der Waals surface area contributed by atoms with E-state index in [0.717, 1.165) is 10.9 Å². The molecule has 2 N–H and O–H groups in total. The Morgan fingerprint density at radius 2 is 2.40 bits per heavy atom. The van der Waals surface area contributed by atoms with E-state index in [9.17, 15) is 9.59 Å². The third-order valence-corrected chi connectivity index (χ3v) is 1.17. The van der Waals surface area contributed by atoms with Crippen LogP contribution in [0.1, 0.15) is 10.4 Å². The van der Waals surface area contributed by atoms with Crippen LogP contribution in [0.25, 0.3) is 0 Å². The zero-order valence-corrected chi connectivity index (χ0v) is 5.29. The van der Waals surface area contributed by atoms with E-state index in [0.29, 0.717) is 0 Å². The summed E-state index contributed by atoms with van der Waals surface area (Å²) in [7, 11) is 1.45. The van der Waals surface area contributed by atoms with E-state index in [-0.39, 0.29) is 5.56 Å². The Bertz CT molecular complexity index is 309. The second-order valence-corrected chi connectivity index (χ2v) is 1.86. The van der Waals surface area contributed by atoms with Gasteiger partial charge in [-0.2, -0.15) is 0 Å². The number of hydrogen-bond acceptors (Lipinski definition) is 2. The van der Waals surface area contributed by atoms with Crippen molar-refractivity contribution in [3.63, 3.8) is 0 Å². The standard InChI is InChI=1S/C5H6N2O3/c1-7-4(8)3(2-6-7)5(9)10/h2,6H,1H3,(H,9,10). The second kappa shape index (κ2) is 2.02. The van der Waals surface area contributed by atoms with Crippen molar-refractivity contribution < 1.29 is 9.90 Å². The van der Waals surface area contributed by atoms with Gasteiger partial charge in [0.1, 0.15) is 5.56 Å². The SMILES string of the molecule is Cn1[nH]cc(C(=O)O)c1=O. The zero-order chi connectivity index (χ0) is 7.72. The summed E-state index contributed by atoms with van der Waals surface area (Å²) in [5.74, 6) is -1.21. The minimum absolute atomic E-state index is 0.234. The highest BCUT2D eigenvalue weighted by Crippen LogP contribution is 1.85. The quantitative estimate of drug-likeness (QED) is 0.550. The Labute approximate surface area is 55.9 Å². The Balaban J connectivity index is 3.32. The molecule has 1 heterocycles. The van der Waals surface area contributed by atoms with Crippen LogP contribution in [0.3, 0.4) is 0 Å². The fourth-order valence-electron chi connectivity index (χ4n) is 0.616. The lowest BCUT2D eigenvalue weighted by Gasteiger charge is -1.82. The zero-order valence-electron chi connectivity index (χ0n) is 5.29. The van der Waals surface area contributed by atoms with Crippen molar-refractivity contribution in [2.45, 2.75) is 0 Å². The normalized spacial score (nSPS) is 9.70. The maximum Gasteiger partial charge on any atom is 0.342 e. The van der Waals surface area contributed by atoms with E-state index in [4.69, 9.17) is 5.11 Å². The van der Waals surface area contributed by atoms with E-state index >= 15 is 0 Å². The van der Waals surface area contributed by atoms with Gasteiger partial charge in [0, 0.05) is 13.2 Å². The summed E-state index contributed by atoms with van der Waals surface area (Å²) in [4.78, 5) is 21.0. The van der Waals surface area contributed by atoms with Crippen LogP contribution in [-0.2, 0) is 7.05 Å². The number of rotatable bonds is 1. The number of aromatic amines is 1. The highest BCUT2D eigenvalue weighted by atomic mass is 16.4. The maximum absolute atomic E-state index is 10.8. The van der Waals surface area contributed by atoms with Gasteiger partial charge in [-0.25, -0.2) is 4.79 Å². The fraction of sp³-hybridized carbons (Fsp3) is 0.200. The van der Waals surface area contributed by atoms with Crippen molar-refractivity contribution in [1.29, 1.82) is 0 Å². The predicted octanol–water partition coefficient (Wildman–Crippen LogP) is -0.588. The molecule has 0 fully saturated rings. The Morgan fingerprint density at radius 1 is 1.80 bits per heavy atom. The molecule has 0 aliphatic rings. The molecule has 0 atom stereocenters. The van der Waals surface area contributed by atoms with Crippen LogP contribution in [0.2, 0.25) is 0 Å². The summed E-state index contributed by atoms with van der Waals surface area (Å²) in [6, 6.07) is 0. The molecule has 0 bridgehead atoms. The average molecular weight is 142 g/mol. The van der Waals surface area contributed by atoms with Gasteiger partial charge in [0.2, 0.25) is 0 Å². The van der Waals surface area contributed by atoms with Gasteiger partial charge in [0.05, 0.1) is 0 Å². The number of aromatic carboxylic acids is 1. The Kier molecular flexibility index (Phi) is 1.33. The topological polar surface area (TPSA) is 75.1 Å². The maximum atomic E-state index is 10.8. The lowest BCUT2D eigenvalue weighted by atomic mass is 10.4. The molecule has 0 radical (unpaired) electrons. The molecule has 1 aromatic rings. The smallest absolute Gasteiger partial charge is 0.342 e. The first-order valence-electron chi connectivity index (χ1n) is 2.60. The van der Waals surface area contributed by atoms with Gasteiger partial charge in [0.25, 0.3) is 5.56 Å². The number of carboxylic acid groups (broad SMARTS) is 1. The minimum Gasteiger partial charge on any atom is -0.477 e. The molecule has 0 aliphatic carbocycles. The molecule has 1 rings (SSSR count). The number of aromatic nitrogens is 2. The highest BCUT2D eigenvalue weighted by Gasteiger charge is 2.09. The first-order chi connectivity index (χ1) is 4.63. The van der Waals surface area contributed by atoms with Crippen LogP contribution >= 0.6 is 0 Å². The van der Waals surface area contributed by atoms with Gasteiger partial charge in [-0.1, -0.05) is 0 Å². The first-order valence-corrected chi connectivity index (χ1v) is 2.60. The average Bonchev–Trinajstić information content (AvgIpc) is 2.14. The first kappa shape index (κ1) is 6.60. The molecule has 5 heteroatoms. The van der Waals surface area contributed by atoms with Gasteiger partial charge >= 0.3 is 5.97 Å². The molecule has 5 nitrogen and oxygen atoms in total. The van der Waals surface area contributed by atoms with Crippen LogP contribution in [-0.4, -0.2) is 20.9 Å². The van der Waals surface area contributed by atoms with Crippen molar-refractivity contribution in [2.24, 2.45) is 7.05 Å². The lowest BCUT2D eigenvalue weighted by Crippen LogP contribution is -2.18. The van der Waals surface area contributed by atoms with Crippen LogP contribution < -0.4 is 5.56 Å². The molecule has 0 unspecified atom stereocenters. The molecule has 54 valence electrons. The molecule has 0 saturated carbocycles. The van der Waals surface area contributed by atoms with Crippen molar-refractivity contribution >= 4 is 5.97 Å². The molecule has 0 saturated heterocycles. The van der Waals surface area contributed by atoms with Crippen molar-refractivity contribution in [3.8, 4) is 0 Å². The molecule has 0 aliphatic heterocycles. The number of nitrogens with one attached hydrogen (secondary N) is 1. The van der Waals surface area contributed by atoms with Crippen LogP contribution in [0.4, 0.5) is 0 Å². The van der Waals surface area contributed by atoms with Crippen molar-refractivity contribution in [3.05, 3.63) is 22.1 Å². The van der Waals surface area contributed by atoms with Crippen molar-refractivity contribution in [2.75, 3.05) is 0 Å². The van der Waals surface area contributed by atoms with E-state index in [2.05, 4.69) is 5.10 Å². The van der Waals surface area contributed by atoms with Gasteiger partial charge in [-0.15, -0.1) is 0 Å². The van der Waals surface area contributed by atoms with Crippen molar-refractivity contribution in [1.82, 2.24) is 9.78 Å². The number of carbonyl (C=O) groups is 1. The third-order valence-electron chi connectivity index (χ3n) is 1.17.